The Kier molecular flexibility index (Phi) is 6.93. The smallest absolute Gasteiger partial charge is 0.248 e. The topological polar surface area (TPSA) is 60.5 Å². The van der Waals surface area contributed by atoms with Crippen LogP contribution in [0.2, 0.25) is 0 Å². The molecule has 0 aliphatic carbocycles. The molecule has 0 aliphatic rings. The third kappa shape index (κ3) is 6.07. The van der Waals surface area contributed by atoms with Gasteiger partial charge in [-0.2, -0.15) is 0 Å². The van der Waals surface area contributed by atoms with E-state index in [1.807, 2.05) is 60.7 Å². The third-order valence-corrected chi connectivity index (χ3v) is 4.00. The molecule has 5 nitrogen and oxygen atoms in total. The van der Waals surface area contributed by atoms with Crippen molar-refractivity contribution in [3.63, 3.8) is 0 Å². The van der Waals surface area contributed by atoms with E-state index in [0.29, 0.717) is 13.2 Å². The van der Waals surface area contributed by atoms with Gasteiger partial charge in [0.15, 0.2) is 0 Å². The minimum absolute atomic E-state index is 0.194. The van der Waals surface area contributed by atoms with Crippen LogP contribution in [0, 0.1) is 0 Å². The number of carbonyl (C=O) groups excluding carboxylic acids is 1. The lowest BCUT2D eigenvalue weighted by molar-refractivity contribution is -0.111. The molecule has 3 aromatic rings. The van der Waals surface area contributed by atoms with Gasteiger partial charge in [-0.25, -0.2) is 0 Å². The van der Waals surface area contributed by atoms with Crippen molar-refractivity contribution in [1.82, 2.24) is 4.98 Å². The Morgan fingerprint density at radius 3 is 2.61 bits per heavy atom. The van der Waals surface area contributed by atoms with Crippen molar-refractivity contribution in [1.29, 1.82) is 0 Å². The van der Waals surface area contributed by atoms with E-state index in [-0.39, 0.29) is 5.91 Å². The number of pyridine rings is 1. The van der Waals surface area contributed by atoms with Crippen LogP contribution in [0.25, 0.3) is 6.08 Å². The Morgan fingerprint density at radius 1 is 1.04 bits per heavy atom. The predicted octanol–water partition coefficient (Wildman–Crippen LogP) is 4.46. The Balaban J connectivity index is 1.50. The summed E-state index contributed by atoms with van der Waals surface area (Å²) < 4.78 is 10.9. The molecule has 0 atom stereocenters. The standard InChI is InChI=1S/C23H22N2O3/c1-27-22-10-7-19(8-11-22)16-28-17-20-4-2-6-21(14-20)25-23(26)12-9-18-5-3-13-24-15-18/h2-15H,16-17H2,1H3,(H,25,26)/b12-9+. The van der Waals surface area contributed by atoms with Crippen LogP contribution in [0.4, 0.5) is 5.69 Å². The zero-order valence-corrected chi connectivity index (χ0v) is 15.7. The molecule has 0 bridgehead atoms. The van der Waals surface area contributed by atoms with Crippen LogP contribution in [0.5, 0.6) is 5.75 Å². The number of ether oxygens (including phenoxy) is 2. The molecular formula is C23H22N2O3. The van der Waals surface area contributed by atoms with E-state index in [4.69, 9.17) is 9.47 Å². The second-order valence-electron chi connectivity index (χ2n) is 6.15. The zero-order valence-electron chi connectivity index (χ0n) is 15.7. The zero-order chi connectivity index (χ0) is 19.6. The number of benzene rings is 2. The second kappa shape index (κ2) is 10.0. The highest BCUT2D eigenvalue weighted by Crippen LogP contribution is 2.15. The molecule has 0 fully saturated rings. The fourth-order valence-corrected chi connectivity index (χ4v) is 2.58. The fourth-order valence-electron chi connectivity index (χ4n) is 2.58. The van der Waals surface area contributed by atoms with Crippen LogP contribution in [0.1, 0.15) is 16.7 Å². The van der Waals surface area contributed by atoms with Gasteiger partial charge in [0.25, 0.3) is 0 Å². The number of hydrogen-bond acceptors (Lipinski definition) is 4. The Hall–Kier alpha value is -3.44. The highest BCUT2D eigenvalue weighted by molar-refractivity contribution is 6.01. The molecule has 0 radical (unpaired) electrons. The third-order valence-electron chi connectivity index (χ3n) is 4.00. The van der Waals surface area contributed by atoms with Crippen molar-refractivity contribution in [2.24, 2.45) is 0 Å². The van der Waals surface area contributed by atoms with Crippen molar-refractivity contribution in [3.8, 4) is 5.75 Å². The lowest BCUT2D eigenvalue weighted by atomic mass is 10.2. The number of hydrogen-bond donors (Lipinski definition) is 1. The van der Waals surface area contributed by atoms with Gasteiger partial charge in [-0.05, 0) is 53.1 Å². The molecule has 2 aromatic carbocycles. The summed E-state index contributed by atoms with van der Waals surface area (Å²) in [6, 6.07) is 19.1. The first kappa shape index (κ1) is 19.3. The van der Waals surface area contributed by atoms with Crippen molar-refractivity contribution in [2.45, 2.75) is 13.2 Å². The molecule has 0 spiro atoms. The highest BCUT2D eigenvalue weighted by Gasteiger charge is 2.01. The van der Waals surface area contributed by atoms with E-state index in [1.165, 1.54) is 6.08 Å². The van der Waals surface area contributed by atoms with Crippen molar-refractivity contribution >= 4 is 17.7 Å². The van der Waals surface area contributed by atoms with E-state index in [0.717, 1.165) is 28.1 Å². The molecule has 28 heavy (non-hydrogen) atoms. The SMILES string of the molecule is COc1ccc(COCc2cccc(NC(=O)/C=C/c3cccnc3)c2)cc1. The van der Waals surface area contributed by atoms with E-state index in [9.17, 15) is 4.79 Å². The van der Waals surface area contributed by atoms with Crippen LogP contribution in [0.3, 0.4) is 0 Å². The molecule has 1 N–H and O–H groups in total. The Bertz CT molecular complexity index is 922. The van der Waals surface area contributed by atoms with Gasteiger partial charge in [-0.15, -0.1) is 0 Å². The summed E-state index contributed by atoms with van der Waals surface area (Å²) in [4.78, 5) is 16.1. The van der Waals surface area contributed by atoms with Crippen molar-refractivity contribution in [2.75, 3.05) is 12.4 Å². The summed E-state index contributed by atoms with van der Waals surface area (Å²) in [5.41, 5.74) is 3.66. The first-order valence-corrected chi connectivity index (χ1v) is 8.91. The van der Waals surface area contributed by atoms with Gasteiger partial charge >= 0.3 is 0 Å². The minimum Gasteiger partial charge on any atom is -0.497 e. The molecule has 0 saturated heterocycles. The molecule has 142 valence electrons. The molecule has 1 amide bonds. The first-order chi connectivity index (χ1) is 13.7. The quantitative estimate of drug-likeness (QED) is 0.592. The number of rotatable bonds is 8. The van der Waals surface area contributed by atoms with Gasteiger partial charge in [0.2, 0.25) is 5.91 Å². The van der Waals surface area contributed by atoms with Gasteiger partial charge in [0.05, 0.1) is 20.3 Å². The molecule has 1 heterocycles. The first-order valence-electron chi connectivity index (χ1n) is 8.91. The van der Waals surface area contributed by atoms with E-state index < -0.39 is 0 Å². The van der Waals surface area contributed by atoms with Gasteiger partial charge < -0.3 is 14.8 Å². The summed E-state index contributed by atoms with van der Waals surface area (Å²) in [6.07, 6.45) is 6.61. The maximum Gasteiger partial charge on any atom is 0.248 e. The van der Waals surface area contributed by atoms with Crippen LogP contribution >= 0.6 is 0 Å². The van der Waals surface area contributed by atoms with E-state index in [2.05, 4.69) is 10.3 Å². The number of carbonyl (C=O) groups is 1. The Morgan fingerprint density at radius 2 is 1.86 bits per heavy atom. The summed E-state index contributed by atoms with van der Waals surface area (Å²) in [5, 5.41) is 2.86. The fraction of sp³-hybridized carbons (Fsp3) is 0.130. The van der Waals surface area contributed by atoms with E-state index >= 15 is 0 Å². The molecule has 0 unspecified atom stereocenters. The molecule has 3 rings (SSSR count). The molecular weight excluding hydrogens is 352 g/mol. The monoisotopic (exact) mass is 374 g/mol. The highest BCUT2D eigenvalue weighted by atomic mass is 16.5. The molecule has 5 heteroatoms. The summed E-state index contributed by atoms with van der Waals surface area (Å²) >= 11 is 0. The van der Waals surface area contributed by atoms with Crippen molar-refractivity contribution in [3.05, 3.63) is 95.8 Å². The largest absolute Gasteiger partial charge is 0.497 e. The number of methoxy groups -OCH3 is 1. The number of anilines is 1. The summed E-state index contributed by atoms with van der Waals surface area (Å²) in [6.45, 7) is 0.968. The van der Waals surface area contributed by atoms with Gasteiger partial charge in [-0.1, -0.05) is 30.3 Å². The van der Waals surface area contributed by atoms with E-state index in [1.54, 1.807) is 25.6 Å². The van der Waals surface area contributed by atoms with Crippen LogP contribution in [-0.2, 0) is 22.7 Å². The molecule has 0 saturated carbocycles. The maximum atomic E-state index is 12.1. The summed E-state index contributed by atoms with van der Waals surface area (Å²) in [5.74, 6) is 0.630. The van der Waals surface area contributed by atoms with Gasteiger partial charge in [0, 0.05) is 24.2 Å². The summed E-state index contributed by atoms with van der Waals surface area (Å²) in [7, 11) is 1.64. The van der Waals surface area contributed by atoms with Crippen LogP contribution < -0.4 is 10.1 Å². The average molecular weight is 374 g/mol. The second-order valence-corrected chi connectivity index (χ2v) is 6.15. The minimum atomic E-state index is -0.194. The van der Waals surface area contributed by atoms with Gasteiger partial charge in [0.1, 0.15) is 5.75 Å². The number of amides is 1. The lowest BCUT2D eigenvalue weighted by Crippen LogP contribution is -2.08. The number of aromatic nitrogens is 1. The number of nitrogens with one attached hydrogen (secondary N) is 1. The van der Waals surface area contributed by atoms with Crippen LogP contribution in [0.15, 0.2) is 79.1 Å². The van der Waals surface area contributed by atoms with Gasteiger partial charge in [-0.3, -0.25) is 9.78 Å². The normalized spacial score (nSPS) is 10.8. The predicted molar refractivity (Wildman–Crippen MR) is 110 cm³/mol. The molecule has 1 aromatic heterocycles. The number of nitrogens with zero attached hydrogens (tertiary/aromatic N) is 1. The lowest BCUT2D eigenvalue weighted by Gasteiger charge is -2.08. The maximum absolute atomic E-state index is 12.1. The van der Waals surface area contributed by atoms with Crippen molar-refractivity contribution < 1.29 is 14.3 Å². The Labute approximate surface area is 164 Å². The van der Waals surface area contributed by atoms with Crippen LogP contribution in [-0.4, -0.2) is 18.0 Å². The average Bonchev–Trinajstić information content (AvgIpc) is 2.74. The molecule has 0 aliphatic heterocycles.